The lowest BCUT2D eigenvalue weighted by Crippen LogP contribution is -2.20. The fourth-order valence-electron chi connectivity index (χ4n) is 1.38. The Balaban J connectivity index is 1.87. The van der Waals surface area contributed by atoms with Crippen molar-refractivity contribution < 1.29 is 9.53 Å². The Kier molecular flexibility index (Phi) is 6.25. The lowest BCUT2D eigenvalue weighted by atomic mass is 10.3. The number of ether oxygens (including phenoxy) is 1. The van der Waals surface area contributed by atoms with Gasteiger partial charge in [-0.1, -0.05) is 0 Å². The van der Waals surface area contributed by atoms with E-state index in [9.17, 15) is 4.79 Å². The fraction of sp³-hybridized carbons (Fsp3) is 0.636. The number of imidazole rings is 1. The van der Waals surface area contributed by atoms with Crippen molar-refractivity contribution in [3.8, 4) is 0 Å². The van der Waals surface area contributed by atoms with Gasteiger partial charge in [-0.15, -0.1) is 0 Å². The van der Waals surface area contributed by atoms with E-state index in [1.54, 1.807) is 6.20 Å². The zero-order valence-corrected chi connectivity index (χ0v) is 9.69. The van der Waals surface area contributed by atoms with Gasteiger partial charge in [-0.2, -0.15) is 0 Å². The quantitative estimate of drug-likeness (QED) is 0.525. The van der Waals surface area contributed by atoms with Gasteiger partial charge in [-0.25, -0.2) is 4.98 Å². The molecule has 0 aromatic carbocycles. The summed E-state index contributed by atoms with van der Waals surface area (Å²) in [5.41, 5.74) is 0. The second-order valence-corrected chi connectivity index (χ2v) is 3.58. The van der Waals surface area contributed by atoms with Crippen molar-refractivity contribution in [1.82, 2.24) is 14.9 Å². The van der Waals surface area contributed by atoms with Crippen LogP contribution in [-0.4, -0.2) is 35.7 Å². The van der Waals surface area contributed by atoms with Gasteiger partial charge in [0.25, 0.3) is 0 Å². The normalized spacial score (nSPS) is 10.3. The summed E-state index contributed by atoms with van der Waals surface area (Å²) in [5.74, 6) is -0.161. The molecule has 0 aliphatic heterocycles. The molecular formula is C11H19N3O2. The van der Waals surface area contributed by atoms with E-state index in [0.29, 0.717) is 13.0 Å². The van der Waals surface area contributed by atoms with Crippen LogP contribution in [0.15, 0.2) is 18.7 Å². The average Bonchev–Trinajstić information content (AvgIpc) is 2.80. The van der Waals surface area contributed by atoms with E-state index in [1.807, 2.05) is 12.5 Å². The van der Waals surface area contributed by atoms with Crippen molar-refractivity contribution in [3.05, 3.63) is 18.7 Å². The smallest absolute Gasteiger partial charge is 0.306 e. The van der Waals surface area contributed by atoms with E-state index in [2.05, 4.69) is 19.6 Å². The average molecular weight is 225 g/mol. The number of rotatable bonds is 8. The molecule has 0 spiro atoms. The second kappa shape index (κ2) is 7.87. The molecule has 0 aliphatic carbocycles. The van der Waals surface area contributed by atoms with Crippen LogP contribution in [0.5, 0.6) is 0 Å². The number of nitrogens with zero attached hydrogens (tertiary/aromatic N) is 2. The maximum absolute atomic E-state index is 10.8. The molecule has 1 N–H and O–H groups in total. The minimum absolute atomic E-state index is 0.161. The minimum Gasteiger partial charge on any atom is -0.469 e. The van der Waals surface area contributed by atoms with Crippen LogP contribution in [0, 0.1) is 0 Å². The first-order valence-electron chi connectivity index (χ1n) is 5.56. The third-order valence-corrected chi connectivity index (χ3v) is 2.31. The number of methoxy groups -OCH3 is 1. The molecular weight excluding hydrogens is 206 g/mol. The number of hydrogen-bond acceptors (Lipinski definition) is 4. The van der Waals surface area contributed by atoms with E-state index in [-0.39, 0.29) is 5.97 Å². The van der Waals surface area contributed by atoms with Crippen LogP contribution in [0.2, 0.25) is 0 Å². The third-order valence-electron chi connectivity index (χ3n) is 2.31. The number of carbonyl (C=O) groups is 1. The van der Waals surface area contributed by atoms with Gasteiger partial charge >= 0.3 is 5.97 Å². The zero-order valence-electron chi connectivity index (χ0n) is 9.69. The van der Waals surface area contributed by atoms with Gasteiger partial charge in [-0.3, -0.25) is 4.79 Å². The molecule has 5 heteroatoms. The summed E-state index contributed by atoms with van der Waals surface area (Å²) in [4.78, 5) is 14.8. The number of aryl methyl sites for hydroxylation is 1. The Morgan fingerprint density at radius 2 is 2.31 bits per heavy atom. The number of unbranched alkanes of at least 4 members (excludes halogenated alkanes) is 1. The summed E-state index contributed by atoms with van der Waals surface area (Å²) in [7, 11) is 1.41. The lowest BCUT2D eigenvalue weighted by molar-refractivity contribution is -0.140. The van der Waals surface area contributed by atoms with Crippen molar-refractivity contribution in [2.24, 2.45) is 0 Å². The molecule has 0 amide bonds. The molecule has 0 unspecified atom stereocenters. The van der Waals surface area contributed by atoms with Crippen LogP contribution in [0.3, 0.4) is 0 Å². The van der Waals surface area contributed by atoms with E-state index in [4.69, 9.17) is 0 Å². The predicted octanol–water partition coefficient (Wildman–Crippen LogP) is 0.816. The SMILES string of the molecule is COC(=O)CCNCCCCn1ccnc1. The molecule has 0 radical (unpaired) electrons. The molecule has 1 rings (SSSR count). The Morgan fingerprint density at radius 1 is 1.44 bits per heavy atom. The summed E-state index contributed by atoms with van der Waals surface area (Å²) in [5, 5.41) is 3.20. The Bertz CT molecular complexity index is 285. The van der Waals surface area contributed by atoms with Gasteiger partial charge in [0.15, 0.2) is 0 Å². The first-order chi connectivity index (χ1) is 7.83. The van der Waals surface area contributed by atoms with E-state index in [0.717, 1.165) is 25.9 Å². The second-order valence-electron chi connectivity index (χ2n) is 3.58. The monoisotopic (exact) mass is 225 g/mol. The Morgan fingerprint density at radius 3 is 3.00 bits per heavy atom. The van der Waals surface area contributed by atoms with Gasteiger partial charge in [0.1, 0.15) is 0 Å². The molecule has 0 atom stereocenters. The van der Waals surface area contributed by atoms with Crippen molar-refractivity contribution in [2.75, 3.05) is 20.2 Å². The molecule has 0 fully saturated rings. The summed E-state index contributed by atoms with van der Waals surface area (Å²) in [6.07, 6.45) is 8.23. The van der Waals surface area contributed by atoms with Gasteiger partial charge in [0, 0.05) is 25.5 Å². The fourth-order valence-corrected chi connectivity index (χ4v) is 1.38. The summed E-state index contributed by atoms with van der Waals surface area (Å²) in [6, 6.07) is 0. The molecule has 1 aromatic heterocycles. The van der Waals surface area contributed by atoms with Crippen LogP contribution in [0.4, 0.5) is 0 Å². The van der Waals surface area contributed by atoms with Gasteiger partial charge < -0.3 is 14.6 Å². The molecule has 0 aliphatic rings. The maximum atomic E-state index is 10.8. The highest BCUT2D eigenvalue weighted by atomic mass is 16.5. The molecule has 0 saturated heterocycles. The summed E-state index contributed by atoms with van der Waals surface area (Å²) >= 11 is 0. The number of esters is 1. The van der Waals surface area contributed by atoms with Crippen LogP contribution in [0.25, 0.3) is 0 Å². The van der Waals surface area contributed by atoms with Crippen molar-refractivity contribution in [2.45, 2.75) is 25.8 Å². The molecule has 0 saturated carbocycles. The highest BCUT2D eigenvalue weighted by molar-refractivity contribution is 5.69. The zero-order chi connectivity index (χ0) is 11.6. The van der Waals surface area contributed by atoms with Crippen molar-refractivity contribution >= 4 is 5.97 Å². The van der Waals surface area contributed by atoms with Crippen LogP contribution in [-0.2, 0) is 16.1 Å². The molecule has 5 nitrogen and oxygen atoms in total. The summed E-state index contributed by atoms with van der Waals surface area (Å²) in [6.45, 7) is 2.63. The first-order valence-corrected chi connectivity index (χ1v) is 5.56. The summed E-state index contributed by atoms with van der Waals surface area (Å²) < 4.78 is 6.60. The van der Waals surface area contributed by atoms with Crippen LogP contribution < -0.4 is 5.32 Å². The van der Waals surface area contributed by atoms with Crippen molar-refractivity contribution in [3.63, 3.8) is 0 Å². The maximum Gasteiger partial charge on any atom is 0.306 e. The van der Waals surface area contributed by atoms with Gasteiger partial charge in [-0.05, 0) is 19.4 Å². The van der Waals surface area contributed by atoms with E-state index in [1.165, 1.54) is 7.11 Å². The molecule has 16 heavy (non-hydrogen) atoms. The number of aromatic nitrogens is 2. The van der Waals surface area contributed by atoms with E-state index < -0.39 is 0 Å². The van der Waals surface area contributed by atoms with Gasteiger partial charge in [0.05, 0.1) is 19.9 Å². The number of hydrogen-bond donors (Lipinski definition) is 1. The van der Waals surface area contributed by atoms with Crippen molar-refractivity contribution in [1.29, 1.82) is 0 Å². The number of carbonyl (C=O) groups excluding carboxylic acids is 1. The molecule has 90 valence electrons. The minimum atomic E-state index is -0.161. The Labute approximate surface area is 95.8 Å². The predicted molar refractivity (Wildman–Crippen MR) is 61.0 cm³/mol. The number of nitrogens with one attached hydrogen (secondary N) is 1. The molecule has 1 heterocycles. The molecule has 0 bridgehead atoms. The van der Waals surface area contributed by atoms with Gasteiger partial charge in [0.2, 0.25) is 0 Å². The highest BCUT2D eigenvalue weighted by Gasteiger charge is 1.98. The largest absolute Gasteiger partial charge is 0.469 e. The highest BCUT2D eigenvalue weighted by Crippen LogP contribution is 1.94. The topological polar surface area (TPSA) is 56.1 Å². The standard InChI is InChI=1S/C11H19N3O2/c1-16-11(15)4-6-12-5-2-3-8-14-9-7-13-10-14/h7,9-10,12H,2-6,8H2,1H3. The molecule has 1 aromatic rings. The lowest BCUT2D eigenvalue weighted by Gasteiger charge is -2.04. The Hall–Kier alpha value is -1.36. The third kappa shape index (κ3) is 5.50. The first kappa shape index (κ1) is 12.7. The van der Waals surface area contributed by atoms with Crippen LogP contribution in [0.1, 0.15) is 19.3 Å². The van der Waals surface area contributed by atoms with Crippen LogP contribution >= 0.6 is 0 Å². The van der Waals surface area contributed by atoms with E-state index >= 15 is 0 Å².